The first-order valence-corrected chi connectivity index (χ1v) is 17.3. The second-order valence-electron chi connectivity index (χ2n) is 13.1. The number of furan rings is 2. The van der Waals surface area contributed by atoms with E-state index in [0.29, 0.717) is 23.2 Å². The van der Waals surface area contributed by atoms with Gasteiger partial charge in [0.05, 0.1) is 22.7 Å². The Morgan fingerprint density at radius 2 is 1.08 bits per heavy atom. The summed E-state index contributed by atoms with van der Waals surface area (Å²) in [6.07, 6.45) is 0. The second-order valence-corrected chi connectivity index (χ2v) is 13.1. The van der Waals surface area contributed by atoms with Gasteiger partial charge in [-0.1, -0.05) is 115 Å². The molecule has 11 rings (SSSR count). The van der Waals surface area contributed by atoms with Crippen LogP contribution in [0.3, 0.4) is 0 Å². The van der Waals surface area contributed by atoms with Gasteiger partial charge in [-0.15, -0.1) is 0 Å². The summed E-state index contributed by atoms with van der Waals surface area (Å²) in [4.78, 5) is 15.2. The Morgan fingerprint density at radius 1 is 0.472 bits per heavy atom. The summed E-state index contributed by atoms with van der Waals surface area (Å²) >= 11 is 0. The van der Waals surface area contributed by atoms with Crippen molar-refractivity contribution < 1.29 is 8.83 Å². The van der Waals surface area contributed by atoms with E-state index < -0.39 is 0 Å². The molecule has 0 atom stereocenters. The van der Waals surface area contributed by atoms with Crippen LogP contribution in [0.25, 0.3) is 106 Å². The maximum Gasteiger partial charge on any atom is 0.238 e. The van der Waals surface area contributed by atoms with E-state index in [0.717, 1.165) is 87.9 Å². The van der Waals surface area contributed by atoms with E-state index in [9.17, 15) is 5.26 Å². The molecule has 0 fully saturated rings. The van der Waals surface area contributed by atoms with Gasteiger partial charge >= 0.3 is 0 Å². The number of aromatic nitrogens is 4. The van der Waals surface area contributed by atoms with Crippen molar-refractivity contribution in [3.8, 4) is 45.9 Å². The average Bonchev–Trinajstić information content (AvgIpc) is 3.90. The molecule has 0 radical (unpaired) electrons. The molecule has 4 heterocycles. The molecule has 0 aliphatic rings. The average molecular weight is 680 g/mol. The van der Waals surface area contributed by atoms with Crippen molar-refractivity contribution in [1.82, 2.24) is 19.5 Å². The minimum absolute atomic E-state index is 0.459. The van der Waals surface area contributed by atoms with E-state index in [1.54, 1.807) is 0 Å². The number of benzene rings is 7. The second kappa shape index (κ2) is 11.2. The summed E-state index contributed by atoms with van der Waals surface area (Å²) in [5, 5.41) is 16.0. The summed E-state index contributed by atoms with van der Waals surface area (Å²) in [6, 6.07) is 52.8. The van der Waals surface area contributed by atoms with Crippen molar-refractivity contribution in [3.63, 3.8) is 0 Å². The summed E-state index contributed by atoms with van der Waals surface area (Å²) in [5.74, 6) is 1.51. The van der Waals surface area contributed by atoms with Gasteiger partial charge in [0, 0.05) is 54.6 Å². The molecule has 0 aliphatic heterocycles. The minimum Gasteiger partial charge on any atom is -0.455 e. The van der Waals surface area contributed by atoms with Crippen LogP contribution < -0.4 is 0 Å². The van der Waals surface area contributed by atoms with Crippen molar-refractivity contribution in [2.45, 2.75) is 0 Å². The van der Waals surface area contributed by atoms with E-state index in [4.69, 9.17) is 23.8 Å². The lowest BCUT2D eigenvalue weighted by molar-refractivity contribution is 0.665. The fraction of sp³-hybridized carbons (Fsp3) is 0. The summed E-state index contributed by atoms with van der Waals surface area (Å²) < 4.78 is 15.2. The lowest BCUT2D eigenvalue weighted by atomic mass is 10.00. The van der Waals surface area contributed by atoms with Gasteiger partial charge in [-0.05, 0) is 36.4 Å². The Labute approximate surface area is 301 Å². The molecule has 7 aromatic carbocycles. The molecule has 0 spiro atoms. The molecule has 0 saturated heterocycles. The van der Waals surface area contributed by atoms with Crippen molar-refractivity contribution in [2.24, 2.45) is 0 Å². The third-order valence-electron chi connectivity index (χ3n) is 10.1. The summed E-state index contributed by atoms with van der Waals surface area (Å²) in [6.45, 7) is 0. The zero-order chi connectivity index (χ0) is 35.0. The third kappa shape index (κ3) is 4.36. The highest BCUT2D eigenvalue weighted by Crippen LogP contribution is 2.42. The van der Waals surface area contributed by atoms with Gasteiger partial charge in [-0.25, -0.2) is 4.98 Å². The molecule has 11 aromatic rings. The molecular weight excluding hydrogens is 655 g/mol. The number of rotatable bonds is 4. The van der Waals surface area contributed by atoms with Crippen LogP contribution in [0.2, 0.25) is 0 Å². The Bertz CT molecular complexity index is 3310. The number of hydrogen-bond donors (Lipinski definition) is 0. The highest BCUT2D eigenvalue weighted by atomic mass is 16.3. The van der Waals surface area contributed by atoms with E-state index in [2.05, 4.69) is 54.6 Å². The Kier molecular flexibility index (Phi) is 6.18. The van der Waals surface area contributed by atoms with Crippen LogP contribution in [-0.4, -0.2) is 19.5 Å². The monoisotopic (exact) mass is 679 g/mol. The third-order valence-corrected chi connectivity index (χ3v) is 10.1. The first kappa shape index (κ1) is 29.2. The SMILES string of the molecule is N#Cc1cccc2c1c1ccccc1n2-c1nc(-c2ccccc2)nc(-c2ccc3c(c2)oc2c(-c4cccc5c4oc4ccccc45)cccc23)n1. The standard InChI is InChI=1S/C46H25N5O2/c47-26-29-13-8-21-38-41(29)36-15-4-6-20-37(36)51(38)46-49-44(27-11-2-1-3-12-27)48-45(50-46)28-23-24-31-33-17-10-19-35(43(33)53-40(31)25-28)34-18-9-16-32-30-14-5-7-22-39(30)52-42(32)34/h1-25H. The smallest absolute Gasteiger partial charge is 0.238 e. The number of fused-ring (bicyclic) bond motifs is 9. The largest absolute Gasteiger partial charge is 0.455 e. The van der Waals surface area contributed by atoms with Gasteiger partial charge in [-0.3, -0.25) is 4.57 Å². The van der Waals surface area contributed by atoms with E-state index in [1.165, 1.54) is 0 Å². The maximum absolute atomic E-state index is 10.0. The van der Waals surface area contributed by atoms with Gasteiger partial charge < -0.3 is 8.83 Å². The van der Waals surface area contributed by atoms with Crippen molar-refractivity contribution >= 4 is 65.7 Å². The Hall–Kier alpha value is -7.56. The first-order valence-electron chi connectivity index (χ1n) is 17.3. The van der Waals surface area contributed by atoms with Crippen LogP contribution in [0.15, 0.2) is 160 Å². The molecule has 0 saturated carbocycles. The van der Waals surface area contributed by atoms with Gasteiger partial charge in [0.2, 0.25) is 5.95 Å². The molecule has 7 heteroatoms. The molecule has 0 N–H and O–H groups in total. The topological polar surface area (TPSA) is 93.7 Å². The Morgan fingerprint density at radius 3 is 1.85 bits per heavy atom. The number of hydrogen-bond acceptors (Lipinski definition) is 6. The van der Waals surface area contributed by atoms with Gasteiger partial charge in [0.15, 0.2) is 11.6 Å². The maximum atomic E-state index is 10.0. The highest BCUT2D eigenvalue weighted by molar-refractivity contribution is 6.15. The molecular formula is C46H25N5O2. The zero-order valence-electron chi connectivity index (χ0n) is 28.0. The minimum atomic E-state index is 0.459. The molecule has 7 nitrogen and oxygen atoms in total. The number of nitrogens with zero attached hydrogens (tertiary/aromatic N) is 5. The number of nitriles is 1. The van der Waals surface area contributed by atoms with Gasteiger partial charge in [-0.2, -0.15) is 15.2 Å². The van der Waals surface area contributed by atoms with Crippen LogP contribution in [-0.2, 0) is 0 Å². The predicted molar refractivity (Wildman–Crippen MR) is 210 cm³/mol. The van der Waals surface area contributed by atoms with Crippen LogP contribution in [0.5, 0.6) is 0 Å². The predicted octanol–water partition coefficient (Wildman–Crippen LogP) is 11.6. The summed E-state index contributed by atoms with van der Waals surface area (Å²) in [5.41, 5.74) is 9.14. The van der Waals surface area contributed by atoms with E-state index in [1.807, 2.05) is 108 Å². The molecule has 0 bridgehead atoms. The quantitative estimate of drug-likeness (QED) is 0.184. The lowest BCUT2D eigenvalue weighted by Crippen LogP contribution is -2.06. The van der Waals surface area contributed by atoms with Crippen LogP contribution >= 0.6 is 0 Å². The first-order chi connectivity index (χ1) is 26.2. The fourth-order valence-electron chi connectivity index (χ4n) is 7.75. The zero-order valence-corrected chi connectivity index (χ0v) is 28.0. The van der Waals surface area contributed by atoms with Crippen LogP contribution in [0.1, 0.15) is 5.56 Å². The van der Waals surface area contributed by atoms with Crippen LogP contribution in [0.4, 0.5) is 0 Å². The molecule has 0 unspecified atom stereocenters. The van der Waals surface area contributed by atoms with Crippen molar-refractivity contribution in [3.05, 3.63) is 157 Å². The molecule has 246 valence electrons. The molecule has 4 aromatic heterocycles. The normalized spacial score (nSPS) is 11.8. The van der Waals surface area contributed by atoms with Crippen LogP contribution in [0, 0.1) is 11.3 Å². The van der Waals surface area contributed by atoms with Crippen molar-refractivity contribution in [2.75, 3.05) is 0 Å². The van der Waals surface area contributed by atoms with E-state index >= 15 is 0 Å². The molecule has 0 aliphatic carbocycles. The fourth-order valence-corrected chi connectivity index (χ4v) is 7.75. The highest BCUT2D eigenvalue weighted by Gasteiger charge is 2.21. The molecule has 0 amide bonds. The van der Waals surface area contributed by atoms with Gasteiger partial charge in [0.1, 0.15) is 22.3 Å². The van der Waals surface area contributed by atoms with Crippen molar-refractivity contribution in [1.29, 1.82) is 5.26 Å². The lowest BCUT2D eigenvalue weighted by Gasteiger charge is -2.11. The van der Waals surface area contributed by atoms with E-state index in [-0.39, 0.29) is 0 Å². The Balaban J connectivity index is 1.12. The number of para-hydroxylation sites is 4. The molecule has 53 heavy (non-hydrogen) atoms. The summed E-state index contributed by atoms with van der Waals surface area (Å²) in [7, 11) is 0. The van der Waals surface area contributed by atoms with Gasteiger partial charge in [0.25, 0.3) is 0 Å².